The molecule has 1 aromatic heterocycles. The van der Waals surface area contributed by atoms with Crippen molar-refractivity contribution in [2.24, 2.45) is 4.99 Å². The number of hydrogen-bond acceptors (Lipinski definition) is 6. The van der Waals surface area contributed by atoms with Crippen molar-refractivity contribution >= 4 is 17.4 Å². The third-order valence-electron chi connectivity index (χ3n) is 4.56. The number of rotatable bonds is 4. The van der Waals surface area contributed by atoms with Crippen LogP contribution < -0.4 is 0 Å². The highest BCUT2D eigenvalue weighted by Gasteiger charge is 2.27. The molecule has 0 saturated heterocycles. The van der Waals surface area contributed by atoms with Crippen molar-refractivity contribution in [1.82, 2.24) is 9.55 Å². The van der Waals surface area contributed by atoms with Crippen LogP contribution in [0.4, 0.5) is 10.1 Å². The van der Waals surface area contributed by atoms with Gasteiger partial charge < -0.3 is 4.74 Å². The first-order valence-electron chi connectivity index (χ1n) is 8.83. The number of aliphatic imine (C=N–C) groups is 1. The van der Waals surface area contributed by atoms with Gasteiger partial charge in [0.15, 0.2) is 5.69 Å². The van der Waals surface area contributed by atoms with Gasteiger partial charge in [-0.25, -0.2) is 14.2 Å². The molecule has 3 aromatic rings. The van der Waals surface area contributed by atoms with Crippen LogP contribution >= 0.6 is 0 Å². The Balaban J connectivity index is 1.96. The van der Waals surface area contributed by atoms with E-state index in [4.69, 9.17) is 4.74 Å². The third kappa shape index (κ3) is 3.16. The molecule has 4 rings (SSSR count). The minimum atomic E-state index is -0.589. The van der Waals surface area contributed by atoms with Crippen molar-refractivity contribution in [2.75, 3.05) is 6.61 Å². The number of fused-ring (bicyclic) bond motifs is 3. The van der Waals surface area contributed by atoms with Crippen molar-refractivity contribution in [1.29, 1.82) is 0 Å². The summed E-state index contributed by atoms with van der Waals surface area (Å²) in [7, 11) is 0. The van der Waals surface area contributed by atoms with E-state index in [1.807, 2.05) is 0 Å². The molecule has 0 N–H and O–H groups in total. The molecule has 0 aliphatic carbocycles. The lowest BCUT2D eigenvalue weighted by Crippen LogP contribution is -2.10. The number of nitro groups is 1. The van der Waals surface area contributed by atoms with E-state index in [-0.39, 0.29) is 35.8 Å². The molecule has 1 aliphatic heterocycles. The predicted molar refractivity (Wildman–Crippen MR) is 102 cm³/mol. The highest BCUT2D eigenvalue weighted by atomic mass is 19.1. The second kappa shape index (κ2) is 7.27. The van der Waals surface area contributed by atoms with Crippen LogP contribution in [0.25, 0.3) is 5.69 Å². The molecule has 0 bridgehead atoms. The summed E-state index contributed by atoms with van der Waals surface area (Å²) in [4.78, 5) is 31.7. The highest BCUT2D eigenvalue weighted by molar-refractivity contribution is 6.15. The second-order valence-electron chi connectivity index (χ2n) is 6.23. The van der Waals surface area contributed by atoms with E-state index >= 15 is 0 Å². The maximum Gasteiger partial charge on any atom is 0.358 e. The number of aromatic nitrogens is 2. The van der Waals surface area contributed by atoms with Crippen LogP contribution in [-0.2, 0) is 11.3 Å². The van der Waals surface area contributed by atoms with Gasteiger partial charge in [0.05, 0.1) is 35.2 Å². The van der Waals surface area contributed by atoms with Gasteiger partial charge in [0.1, 0.15) is 12.1 Å². The van der Waals surface area contributed by atoms with Gasteiger partial charge in [-0.1, -0.05) is 12.1 Å². The summed E-state index contributed by atoms with van der Waals surface area (Å²) >= 11 is 0. The predicted octanol–water partition coefficient (Wildman–Crippen LogP) is 3.45. The Morgan fingerprint density at radius 2 is 2.07 bits per heavy atom. The lowest BCUT2D eigenvalue weighted by Gasteiger charge is -2.12. The van der Waals surface area contributed by atoms with E-state index in [0.717, 1.165) is 0 Å². The molecule has 146 valence electrons. The topological polar surface area (TPSA) is 99.6 Å². The third-order valence-corrected chi connectivity index (χ3v) is 4.56. The fraction of sp³-hybridized carbons (Fsp3) is 0.150. The Morgan fingerprint density at radius 3 is 2.79 bits per heavy atom. The average Bonchev–Trinajstić information content (AvgIpc) is 3.06. The minimum absolute atomic E-state index is 0.0281. The molecule has 0 atom stereocenters. The molecule has 2 heterocycles. The number of esters is 1. The van der Waals surface area contributed by atoms with E-state index < -0.39 is 16.7 Å². The van der Waals surface area contributed by atoms with Crippen molar-refractivity contribution < 1.29 is 18.8 Å². The lowest BCUT2D eigenvalue weighted by molar-refractivity contribution is -0.384. The SMILES string of the molecule is CCOC(=O)c1ncn2c1CN=C(c1ccccc1F)c1cc([N+](=O)[O-])ccc1-2. The smallest absolute Gasteiger partial charge is 0.358 e. The normalized spacial score (nSPS) is 12.4. The molecule has 9 heteroatoms. The Bertz CT molecular complexity index is 1170. The summed E-state index contributed by atoms with van der Waals surface area (Å²) in [6.07, 6.45) is 1.44. The van der Waals surface area contributed by atoms with Crippen LogP contribution in [0.3, 0.4) is 0 Å². The van der Waals surface area contributed by atoms with Crippen molar-refractivity contribution in [3.63, 3.8) is 0 Å². The Hall–Kier alpha value is -3.88. The van der Waals surface area contributed by atoms with E-state index in [2.05, 4.69) is 9.98 Å². The molecule has 0 spiro atoms. The van der Waals surface area contributed by atoms with Gasteiger partial charge in [0.25, 0.3) is 5.69 Å². The minimum Gasteiger partial charge on any atom is -0.461 e. The fourth-order valence-corrected chi connectivity index (χ4v) is 3.26. The summed E-state index contributed by atoms with van der Waals surface area (Å²) in [6, 6.07) is 10.3. The fourth-order valence-electron chi connectivity index (χ4n) is 3.26. The number of non-ortho nitro benzene ring substituents is 1. The summed E-state index contributed by atoms with van der Waals surface area (Å²) in [5, 5.41) is 11.3. The first-order chi connectivity index (χ1) is 14.0. The lowest BCUT2D eigenvalue weighted by atomic mass is 9.99. The van der Waals surface area contributed by atoms with Crippen molar-refractivity contribution in [3.05, 3.63) is 87.2 Å². The van der Waals surface area contributed by atoms with E-state index in [1.54, 1.807) is 29.7 Å². The van der Waals surface area contributed by atoms with Gasteiger partial charge in [0.2, 0.25) is 0 Å². The van der Waals surface area contributed by atoms with Crippen LogP contribution in [0, 0.1) is 15.9 Å². The van der Waals surface area contributed by atoms with E-state index in [0.29, 0.717) is 16.9 Å². The Labute approximate surface area is 164 Å². The molecule has 29 heavy (non-hydrogen) atoms. The van der Waals surface area contributed by atoms with Gasteiger partial charge in [-0.3, -0.25) is 19.7 Å². The summed E-state index contributed by atoms with van der Waals surface area (Å²) in [6.45, 7) is 1.91. The van der Waals surface area contributed by atoms with Crippen LogP contribution in [0.15, 0.2) is 53.8 Å². The quantitative estimate of drug-likeness (QED) is 0.383. The van der Waals surface area contributed by atoms with Gasteiger partial charge in [-0.05, 0) is 25.1 Å². The first kappa shape index (κ1) is 18.5. The van der Waals surface area contributed by atoms with Gasteiger partial charge in [-0.15, -0.1) is 0 Å². The highest BCUT2D eigenvalue weighted by Crippen LogP contribution is 2.30. The number of benzene rings is 2. The number of nitro benzene ring substituents is 1. The monoisotopic (exact) mass is 394 g/mol. The molecule has 2 aromatic carbocycles. The molecular weight excluding hydrogens is 379 g/mol. The molecule has 0 unspecified atom stereocenters. The number of hydrogen-bond donors (Lipinski definition) is 0. The standard InChI is InChI=1S/C20H15FN4O4/c1-2-29-20(26)19-17-10-22-18(13-5-3-4-6-15(13)21)14-9-12(25(27)28)7-8-16(14)24(17)11-23-19/h3-9,11H,2,10H2,1H3. The van der Waals surface area contributed by atoms with Gasteiger partial charge in [0, 0.05) is 23.3 Å². The maximum atomic E-state index is 14.5. The van der Waals surface area contributed by atoms with Crippen LogP contribution in [0.1, 0.15) is 34.2 Å². The Kier molecular flexibility index (Phi) is 4.63. The molecule has 8 nitrogen and oxygen atoms in total. The van der Waals surface area contributed by atoms with Crippen LogP contribution in [-0.4, -0.2) is 32.8 Å². The van der Waals surface area contributed by atoms with Gasteiger partial charge >= 0.3 is 5.97 Å². The average molecular weight is 394 g/mol. The summed E-state index contributed by atoms with van der Waals surface area (Å²) in [5.41, 5.74) is 1.77. The second-order valence-corrected chi connectivity index (χ2v) is 6.23. The first-order valence-corrected chi connectivity index (χ1v) is 8.83. The number of carbonyl (C=O) groups excluding carboxylic acids is 1. The number of imidazole rings is 1. The zero-order valence-corrected chi connectivity index (χ0v) is 15.3. The molecule has 0 radical (unpaired) electrons. The van der Waals surface area contributed by atoms with Crippen LogP contribution in [0.5, 0.6) is 0 Å². The van der Waals surface area contributed by atoms with Crippen molar-refractivity contribution in [3.8, 4) is 5.69 Å². The summed E-state index contributed by atoms with van der Waals surface area (Å²) in [5.74, 6) is -1.09. The van der Waals surface area contributed by atoms with Gasteiger partial charge in [-0.2, -0.15) is 0 Å². The number of nitrogens with zero attached hydrogens (tertiary/aromatic N) is 4. The summed E-state index contributed by atoms with van der Waals surface area (Å²) < 4.78 is 21.2. The molecular formula is C20H15FN4O4. The molecule has 0 fully saturated rings. The zero-order chi connectivity index (χ0) is 20.5. The van der Waals surface area contributed by atoms with Crippen LogP contribution in [0.2, 0.25) is 0 Å². The molecule has 0 saturated carbocycles. The largest absolute Gasteiger partial charge is 0.461 e. The Morgan fingerprint density at radius 1 is 1.28 bits per heavy atom. The zero-order valence-electron chi connectivity index (χ0n) is 15.3. The maximum absolute atomic E-state index is 14.5. The number of carbonyl (C=O) groups is 1. The van der Waals surface area contributed by atoms with E-state index in [1.165, 1.54) is 30.6 Å². The molecule has 1 aliphatic rings. The molecule has 0 amide bonds. The van der Waals surface area contributed by atoms with E-state index in [9.17, 15) is 19.3 Å². The number of halogens is 1. The number of ether oxygens (including phenoxy) is 1. The van der Waals surface area contributed by atoms with Crippen molar-refractivity contribution in [2.45, 2.75) is 13.5 Å².